The highest BCUT2D eigenvalue weighted by Crippen LogP contribution is 2.34. The van der Waals surface area contributed by atoms with Crippen LogP contribution in [0, 0.1) is 6.92 Å². The maximum atomic E-state index is 6.15. The second kappa shape index (κ2) is 6.63. The van der Waals surface area contributed by atoms with Gasteiger partial charge in [-0.05, 0) is 38.1 Å². The van der Waals surface area contributed by atoms with Crippen molar-refractivity contribution in [1.82, 2.24) is 15.0 Å². The Morgan fingerprint density at radius 3 is 2.77 bits per heavy atom. The second-order valence-corrected chi connectivity index (χ2v) is 6.60. The number of fused-ring (bicyclic) bond motifs is 1. The molecule has 1 unspecified atom stereocenters. The minimum Gasteiger partial charge on any atom is -0.485 e. The number of ether oxygens (including phenoxy) is 2. The highest BCUT2D eigenvalue weighted by molar-refractivity contribution is 5.56. The van der Waals surface area contributed by atoms with E-state index in [1.54, 1.807) is 12.4 Å². The predicted octanol–water partition coefficient (Wildman–Crippen LogP) is 3.49. The third kappa shape index (κ3) is 3.44. The molecule has 0 spiro atoms. The molecule has 6 nitrogen and oxygen atoms in total. The summed E-state index contributed by atoms with van der Waals surface area (Å²) in [4.78, 5) is 13.2. The number of hydrogen-bond donors (Lipinski definition) is 1. The van der Waals surface area contributed by atoms with Crippen molar-refractivity contribution >= 4 is 5.82 Å². The molecule has 0 saturated carbocycles. The summed E-state index contributed by atoms with van der Waals surface area (Å²) in [7, 11) is 0. The molecule has 0 radical (unpaired) electrons. The van der Waals surface area contributed by atoms with E-state index in [4.69, 9.17) is 9.47 Å². The van der Waals surface area contributed by atoms with Crippen molar-refractivity contribution in [3.8, 4) is 22.9 Å². The van der Waals surface area contributed by atoms with E-state index in [2.05, 4.69) is 20.3 Å². The summed E-state index contributed by atoms with van der Waals surface area (Å²) in [6.45, 7) is 5.00. The van der Waals surface area contributed by atoms with Crippen molar-refractivity contribution in [2.75, 3.05) is 18.5 Å². The number of aromatic nitrogens is 3. The third-order valence-electron chi connectivity index (χ3n) is 4.16. The Hall–Kier alpha value is -3.15. The van der Waals surface area contributed by atoms with Gasteiger partial charge in [0, 0.05) is 29.7 Å². The number of nitrogens with zero attached hydrogens (tertiary/aromatic N) is 3. The zero-order chi connectivity index (χ0) is 18.0. The van der Waals surface area contributed by atoms with Crippen molar-refractivity contribution in [3.05, 3.63) is 60.6 Å². The van der Waals surface area contributed by atoms with E-state index in [1.807, 2.05) is 56.3 Å². The average Bonchev–Trinajstić information content (AvgIpc) is 2.67. The number of para-hydroxylation sites is 2. The largest absolute Gasteiger partial charge is 0.485 e. The molecule has 0 aliphatic carbocycles. The first-order valence-electron chi connectivity index (χ1n) is 8.52. The second-order valence-electron chi connectivity index (χ2n) is 6.60. The molecule has 6 heteroatoms. The molecular weight excluding hydrogens is 328 g/mol. The number of aryl methyl sites for hydroxylation is 1. The summed E-state index contributed by atoms with van der Waals surface area (Å²) in [5, 5.41) is 3.36. The van der Waals surface area contributed by atoms with E-state index in [0.717, 1.165) is 28.6 Å². The summed E-state index contributed by atoms with van der Waals surface area (Å²) in [6.07, 6.45) is 3.49. The average molecular weight is 348 g/mol. The number of pyridine rings is 1. The van der Waals surface area contributed by atoms with Gasteiger partial charge in [0.15, 0.2) is 22.9 Å². The molecule has 1 aromatic carbocycles. The summed E-state index contributed by atoms with van der Waals surface area (Å²) in [6, 6.07) is 13.4. The molecule has 1 aliphatic heterocycles. The van der Waals surface area contributed by atoms with E-state index in [0.29, 0.717) is 19.0 Å². The van der Waals surface area contributed by atoms with Gasteiger partial charge >= 0.3 is 0 Å². The van der Waals surface area contributed by atoms with Crippen LogP contribution in [0.15, 0.2) is 54.9 Å². The fourth-order valence-electron chi connectivity index (χ4n) is 2.83. The van der Waals surface area contributed by atoms with E-state index >= 15 is 0 Å². The predicted molar refractivity (Wildman–Crippen MR) is 99.5 cm³/mol. The third-order valence-corrected chi connectivity index (χ3v) is 4.16. The minimum atomic E-state index is -0.484. The first kappa shape index (κ1) is 16.3. The number of nitrogens with one attached hydrogen (secondary N) is 1. The molecule has 1 atom stereocenters. The summed E-state index contributed by atoms with van der Waals surface area (Å²) in [5.74, 6) is 2.94. The van der Waals surface area contributed by atoms with Crippen LogP contribution in [0.3, 0.4) is 0 Å². The molecule has 0 fully saturated rings. The van der Waals surface area contributed by atoms with Crippen molar-refractivity contribution in [1.29, 1.82) is 0 Å². The monoisotopic (exact) mass is 348 g/mol. The molecular formula is C20H20N4O2. The standard InChI is InChI=1S/C20H20N4O2/c1-14-10-18(24-19(23-14)15-6-5-9-21-11-15)22-12-20(2)13-25-16-7-3-4-8-17(16)26-20/h3-11H,12-13H2,1-2H3,(H,22,23,24). The fraction of sp³-hybridized carbons (Fsp3) is 0.250. The van der Waals surface area contributed by atoms with Crippen LogP contribution in [0.25, 0.3) is 11.4 Å². The van der Waals surface area contributed by atoms with Crippen LogP contribution in [-0.4, -0.2) is 33.7 Å². The van der Waals surface area contributed by atoms with Gasteiger partial charge in [-0.15, -0.1) is 0 Å². The smallest absolute Gasteiger partial charge is 0.163 e. The highest BCUT2D eigenvalue weighted by atomic mass is 16.6. The van der Waals surface area contributed by atoms with Crippen LogP contribution in [-0.2, 0) is 0 Å². The maximum Gasteiger partial charge on any atom is 0.163 e. The topological polar surface area (TPSA) is 69.2 Å². The Bertz CT molecular complexity index is 917. The quantitative estimate of drug-likeness (QED) is 0.778. The fourth-order valence-corrected chi connectivity index (χ4v) is 2.83. The summed E-state index contributed by atoms with van der Waals surface area (Å²) >= 11 is 0. The van der Waals surface area contributed by atoms with Crippen LogP contribution in [0.1, 0.15) is 12.6 Å². The Balaban J connectivity index is 1.51. The lowest BCUT2D eigenvalue weighted by Gasteiger charge is -2.35. The van der Waals surface area contributed by atoms with Gasteiger partial charge in [-0.3, -0.25) is 4.98 Å². The van der Waals surface area contributed by atoms with Crippen LogP contribution in [0.5, 0.6) is 11.5 Å². The van der Waals surface area contributed by atoms with Crippen molar-refractivity contribution in [3.63, 3.8) is 0 Å². The number of hydrogen-bond acceptors (Lipinski definition) is 6. The zero-order valence-electron chi connectivity index (χ0n) is 14.8. The normalized spacial score (nSPS) is 18.4. The number of anilines is 1. The Morgan fingerprint density at radius 1 is 1.12 bits per heavy atom. The lowest BCUT2D eigenvalue weighted by atomic mass is 10.1. The van der Waals surface area contributed by atoms with Crippen molar-refractivity contribution in [2.24, 2.45) is 0 Å². The molecule has 0 saturated heterocycles. The van der Waals surface area contributed by atoms with Gasteiger partial charge in [0.25, 0.3) is 0 Å². The van der Waals surface area contributed by atoms with Gasteiger partial charge in [-0.1, -0.05) is 12.1 Å². The van der Waals surface area contributed by atoms with Crippen molar-refractivity contribution < 1.29 is 9.47 Å². The molecule has 3 heterocycles. The van der Waals surface area contributed by atoms with Gasteiger partial charge in [-0.2, -0.15) is 0 Å². The molecule has 132 valence electrons. The molecule has 1 aliphatic rings. The molecule has 0 bridgehead atoms. The van der Waals surface area contributed by atoms with Crippen LogP contribution in [0.4, 0.5) is 5.82 Å². The number of rotatable bonds is 4. The van der Waals surface area contributed by atoms with Gasteiger partial charge < -0.3 is 14.8 Å². The molecule has 4 rings (SSSR count). The van der Waals surface area contributed by atoms with Gasteiger partial charge in [0.1, 0.15) is 12.4 Å². The molecule has 2 aromatic heterocycles. The summed E-state index contributed by atoms with van der Waals surface area (Å²) in [5.41, 5.74) is 1.29. The minimum absolute atomic E-state index is 0.469. The first-order valence-corrected chi connectivity index (χ1v) is 8.52. The van der Waals surface area contributed by atoms with Crippen molar-refractivity contribution in [2.45, 2.75) is 19.4 Å². The van der Waals surface area contributed by atoms with Crippen LogP contribution < -0.4 is 14.8 Å². The van der Waals surface area contributed by atoms with Gasteiger partial charge in [-0.25, -0.2) is 9.97 Å². The molecule has 0 amide bonds. The molecule has 3 aromatic rings. The molecule has 26 heavy (non-hydrogen) atoms. The van der Waals surface area contributed by atoms with E-state index in [-0.39, 0.29) is 0 Å². The van der Waals surface area contributed by atoms with Gasteiger partial charge in [0.2, 0.25) is 0 Å². The SMILES string of the molecule is Cc1cc(NCC2(C)COc3ccccc3O2)nc(-c2cccnc2)n1. The first-order chi connectivity index (χ1) is 12.6. The Morgan fingerprint density at radius 2 is 1.96 bits per heavy atom. The Kier molecular flexibility index (Phi) is 4.16. The maximum absolute atomic E-state index is 6.15. The lowest BCUT2D eigenvalue weighted by molar-refractivity contribution is 0.0166. The van der Waals surface area contributed by atoms with E-state index < -0.39 is 5.60 Å². The van der Waals surface area contributed by atoms with Gasteiger partial charge in [0.05, 0.1) is 6.54 Å². The summed E-state index contributed by atoms with van der Waals surface area (Å²) < 4.78 is 12.0. The van der Waals surface area contributed by atoms with Crippen LogP contribution in [0.2, 0.25) is 0 Å². The molecule has 1 N–H and O–H groups in total. The van der Waals surface area contributed by atoms with E-state index in [9.17, 15) is 0 Å². The number of benzene rings is 1. The van der Waals surface area contributed by atoms with E-state index in [1.165, 1.54) is 0 Å². The Labute approximate surface area is 152 Å². The highest BCUT2D eigenvalue weighted by Gasteiger charge is 2.33. The van der Waals surface area contributed by atoms with Crippen LogP contribution >= 0.6 is 0 Å². The zero-order valence-corrected chi connectivity index (χ0v) is 14.8. The lowest BCUT2D eigenvalue weighted by Crippen LogP contribution is -2.47.